The zero-order chi connectivity index (χ0) is 39.9. The van der Waals surface area contributed by atoms with Gasteiger partial charge in [-0.15, -0.1) is 0 Å². The summed E-state index contributed by atoms with van der Waals surface area (Å²) in [4.78, 5) is 29.6. The van der Waals surface area contributed by atoms with Crippen LogP contribution in [0.15, 0.2) is 101 Å². The molecule has 0 aliphatic carbocycles. The van der Waals surface area contributed by atoms with Crippen LogP contribution in [0.5, 0.6) is 23.0 Å². The van der Waals surface area contributed by atoms with Gasteiger partial charge in [-0.3, -0.25) is 19.7 Å². The van der Waals surface area contributed by atoms with Gasteiger partial charge in [-0.25, -0.2) is 0 Å². The maximum absolute atomic E-state index is 13.9. The molecule has 0 fully saturated rings. The minimum Gasteiger partial charge on any atom is -0.493 e. The number of carbonyl (C=O) groups is 1. The number of fused-ring (bicyclic) bond motifs is 6. The van der Waals surface area contributed by atoms with E-state index < -0.39 is 6.23 Å². The number of aliphatic imine (C=N–C) groups is 2. The van der Waals surface area contributed by atoms with E-state index in [9.17, 15) is 9.90 Å². The van der Waals surface area contributed by atoms with E-state index in [2.05, 4.69) is 58.3 Å². The molecule has 58 heavy (non-hydrogen) atoms. The highest BCUT2D eigenvalue weighted by molar-refractivity contribution is 6.03. The molecule has 0 bridgehead atoms. The minimum atomic E-state index is -0.852. The molecule has 4 aliphatic rings. The Hall–Kier alpha value is -6.01. The summed E-state index contributed by atoms with van der Waals surface area (Å²) in [6.07, 6.45) is 4.46. The normalized spacial score (nSPS) is 19.2. The van der Waals surface area contributed by atoms with Gasteiger partial charge in [0.1, 0.15) is 19.4 Å². The lowest BCUT2D eigenvalue weighted by Crippen LogP contribution is -2.44. The van der Waals surface area contributed by atoms with Gasteiger partial charge in [-0.2, -0.15) is 0 Å². The number of methoxy groups -OCH3 is 2. The van der Waals surface area contributed by atoms with E-state index in [1.165, 1.54) is 16.7 Å². The summed E-state index contributed by atoms with van der Waals surface area (Å²) in [6.45, 7) is 2.40. The average molecular weight is 778 g/mol. The van der Waals surface area contributed by atoms with Crippen LogP contribution in [0.3, 0.4) is 0 Å². The first-order chi connectivity index (χ1) is 28.2. The highest BCUT2D eigenvalue weighted by Crippen LogP contribution is 2.43. The van der Waals surface area contributed by atoms with Crippen LogP contribution < -0.4 is 18.9 Å². The Morgan fingerprint density at radius 1 is 0.672 bits per heavy atom. The highest BCUT2D eigenvalue weighted by Gasteiger charge is 2.35. The Morgan fingerprint density at radius 2 is 1.22 bits per heavy atom. The topological polar surface area (TPSA) is 109 Å². The number of nitrogens with zero attached hydrogens (tertiary/aromatic N) is 5. The molecule has 1 unspecified atom stereocenters. The molecule has 5 aromatic carbocycles. The molecule has 0 spiro atoms. The molecule has 5 aromatic rings. The third-order valence-corrected chi connectivity index (χ3v) is 11.5. The molecule has 11 nitrogen and oxygen atoms in total. The quantitative estimate of drug-likeness (QED) is 0.157. The van der Waals surface area contributed by atoms with Crippen molar-refractivity contribution in [3.63, 3.8) is 0 Å². The zero-order valence-corrected chi connectivity index (χ0v) is 33.2. The second kappa shape index (κ2) is 15.7. The molecule has 1 N–H and O–H groups in total. The molecule has 9 rings (SSSR count). The fourth-order valence-electron chi connectivity index (χ4n) is 8.58. The number of carbonyl (C=O) groups excluding carboxylic acids is 1. The van der Waals surface area contributed by atoms with E-state index in [-0.39, 0.29) is 31.2 Å². The lowest BCUT2D eigenvalue weighted by molar-refractivity contribution is -0.0197. The van der Waals surface area contributed by atoms with Gasteiger partial charge < -0.3 is 33.9 Å². The van der Waals surface area contributed by atoms with Crippen LogP contribution in [-0.4, -0.2) is 78.5 Å². The SMILES string of the molecule is COc1cc2c(cc1OCc1cc(COc3cc4c(cc3OC)C(O)N3Cc5ccccc5C[C@H]3C=N4)cc(CN(C)C)c1)N=C[C@@H]1Cc3ccccc3CN1C2=O. The van der Waals surface area contributed by atoms with E-state index in [0.717, 1.165) is 41.6 Å². The van der Waals surface area contributed by atoms with E-state index in [1.54, 1.807) is 26.4 Å². The first kappa shape index (κ1) is 37.6. The van der Waals surface area contributed by atoms with Gasteiger partial charge in [0.05, 0.1) is 43.2 Å². The summed E-state index contributed by atoms with van der Waals surface area (Å²) >= 11 is 0. The Morgan fingerprint density at radius 3 is 1.88 bits per heavy atom. The molecule has 0 aromatic heterocycles. The summed E-state index contributed by atoms with van der Waals surface area (Å²) in [5.41, 5.74) is 10.3. The van der Waals surface area contributed by atoms with E-state index in [1.807, 2.05) is 61.8 Å². The van der Waals surface area contributed by atoms with Gasteiger partial charge in [0.15, 0.2) is 23.0 Å². The molecule has 296 valence electrons. The summed E-state index contributed by atoms with van der Waals surface area (Å²) in [6, 6.07) is 30.0. The maximum atomic E-state index is 13.9. The summed E-state index contributed by atoms with van der Waals surface area (Å²) in [7, 11) is 7.26. The predicted octanol–water partition coefficient (Wildman–Crippen LogP) is 7.34. The van der Waals surface area contributed by atoms with Crippen molar-refractivity contribution in [2.45, 2.75) is 64.0 Å². The molecule has 11 heteroatoms. The van der Waals surface area contributed by atoms with Crippen molar-refractivity contribution >= 4 is 29.7 Å². The van der Waals surface area contributed by atoms with Crippen LogP contribution in [0.4, 0.5) is 11.4 Å². The monoisotopic (exact) mass is 777 g/mol. The van der Waals surface area contributed by atoms with Gasteiger partial charge in [0, 0.05) is 49.8 Å². The fraction of sp³-hybridized carbons (Fsp3) is 0.298. The van der Waals surface area contributed by atoms with Crippen LogP contribution in [0, 0.1) is 0 Å². The molecular weight excluding hydrogens is 731 g/mol. The summed E-state index contributed by atoms with van der Waals surface area (Å²) in [5, 5.41) is 11.6. The number of hydrogen-bond donors (Lipinski definition) is 1. The predicted molar refractivity (Wildman–Crippen MR) is 223 cm³/mol. The van der Waals surface area contributed by atoms with Crippen molar-refractivity contribution in [2.24, 2.45) is 9.98 Å². The Labute approximate surface area is 338 Å². The molecule has 0 radical (unpaired) electrons. The van der Waals surface area contributed by atoms with Crippen LogP contribution in [0.2, 0.25) is 0 Å². The van der Waals surface area contributed by atoms with Crippen LogP contribution in [0.25, 0.3) is 0 Å². The summed E-state index contributed by atoms with van der Waals surface area (Å²) < 4.78 is 24.5. The van der Waals surface area contributed by atoms with Crippen LogP contribution >= 0.6 is 0 Å². The Kier molecular flexibility index (Phi) is 10.2. The molecular formula is C47H47N5O6. The smallest absolute Gasteiger partial charge is 0.257 e. The second-order valence-corrected chi connectivity index (χ2v) is 15.7. The lowest BCUT2D eigenvalue weighted by Gasteiger charge is -2.37. The van der Waals surface area contributed by atoms with Crippen molar-refractivity contribution < 1.29 is 28.8 Å². The second-order valence-electron chi connectivity index (χ2n) is 15.7. The number of benzene rings is 5. The van der Waals surface area contributed by atoms with E-state index in [4.69, 9.17) is 28.9 Å². The number of hydrogen-bond acceptors (Lipinski definition) is 10. The Balaban J connectivity index is 0.943. The number of aliphatic hydroxyl groups excluding tert-OH is 1. The minimum absolute atomic E-state index is 0.0329. The largest absolute Gasteiger partial charge is 0.493 e. The third kappa shape index (κ3) is 7.32. The molecule has 0 saturated carbocycles. The van der Waals surface area contributed by atoms with Gasteiger partial charge in [-0.05, 0) is 84.1 Å². The third-order valence-electron chi connectivity index (χ3n) is 11.5. The Bertz CT molecular complexity index is 2450. The van der Waals surface area contributed by atoms with Gasteiger partial charge >= 0.3 is 0 Å². The average Bonchev–Trinajstić information content (AvgIpc) is 3.45. The standard InChI is InChI=1S/C47H47N5O6/c1-50(2)24-29-13-30(27-57-44-20-40-38(18-42(44)55-3)46(53)51-25-34-11-7-5-9-32(34)16-36(51)22-48-40)15-31(14-29)28-58-45-21-41-39(19-43(45)56-4)47(54)52-26-35-12-8-6-10-33(35)17-37(52)23-49-41/h5-15,18-23,36-37,46,53H,16-17,24-28H2,1-4H3/t36-,37-,46?/m0/s1. The van der Waals surface area contributed by atoms with E-state index in [0.29, 0.717) is 58.6 Å². The number of ether oxygens (including phenoxy) is 4. The first-order valence-electron chi connectivity index (χ1n) is 19.7. The maximum Gasteiger partial charge on any atom is 0.257 e. The van der Waals surface area contributed by atoms with Crippen molar-refractivity contribution in [3.05, 3.63) is 141 Å². The molecule has 4 aliphatic heterocycles. The molecule has 0 saturated heterocycles. The highest BCUT2D eigenvalue weighted by atomic mass is 16.5. The number of amides is 1. The molecule has 3 atom stereocenters. The van der Waals surface area contributed by atoms with Gasteiger partial charge in [0.25, 0.3) is 5.91 Å². The number of rotatable bonds is 10. The fourth-order valence-corrected chi connectivity index (χ4v) is 8.58. The van der Waals surface area contributed by atoms with Crippen molar-refractivity contribution in [3.8, 4) is 23.0 Å². The lowest BCUT2D eigenvalue weighted by atomic mass is 9.94. The van der Waals surface area contributed by atoms with Crippen LogP contribution in [-0.2, 0) is 45.7 Å². The van der Waals surface area contributed by atoms with E-state index >= 15 is 0 Å². The summed E-state index contributed by atoms with van der Waals surface area (Å²) in [5.74, 6) is 1.95. The number of aliphatic hydroxyl groups is 1. The van der Waals surface area contributed by atoms with Crippen molar-refractivity contribution in [2.75, 3.05) is 28.3 Å². The van der Waals surface area contributed by atoms with Crippen molar-refractivity contribution in [1.82, 2.24) is 14.7 Å². The first-order valence-corrected chi connectivity index (χ1v) is 19.7. The van der Waals surface area contributed by atoms with Crippen molar-refractivity contribution in [1.29, 1.82) is 0 Å². The van der Waals surface area contributed by atoms with Crippen LogP contribution in [0.1, 0.15) is 61.1 Å². The van der Waals surface area contributed by atoms with Gasteiger partial charge in [-0.1, -0.05) is 60.7 Å². The molecule has 1 amide bonds. The zero-order valence-electron chi connectivity index (χ0n) is 33.2. The molecule has 4 heterocycles. The van der Waals surface area contributed by atoms with Gasteiger partial charge in [0.2, 0.25) is 0 Å².